The van der Waals surface area contributed by atoms with Crippen molar-refractivity contribution >= 4 is 29.1 Å². The molecular formula is C26H20N2O8. The van der Waals surface area contributed by atoms with Gasteiger partial charge in [-0.15, -0.1) is 0 Å². The molecule has 0 aromatic heterocycles. The topological polar surface area (TPSA) is 147 Å². The number of aromatic carboxylic acids is 1. The minimum Gasteiger partial charge on any atom is -0.507 e. The number of nitro groups is 1. The van der Waals surface area contributed by atoms with E-state index in [9.17, 15) is 29.6 Å². The molecule has 1 fully saturated rings. The molecule has 0 bridgehead atoms. The molecule has 0 aliphatic carbocycles. The summed E-state index contributed by atoms with van der Waals surface area (Å²) in [4.78, 5) is 49.3. The molecule has 182 valence electrons. The van der Waals surface area contributed by atoms with Crippen LogP contribution in [-0.2, 0) is 16.1 Å². The van der Waals surface area contributed by atoms with E-state index >= 15 is 0 Å². The first-order valence-corrected chi connectivity index (χ1v) is 10.7. The summed E-state index contributed by atoms with van der Waals surface area (Å²) in [7, 11) is 1.46. The molecule has 1 atom stereocenters. The number of Topliss-reactive ketones (excluding diaryl/α,β-unsaturated/α-hetero) is 1. The van der Waals surface area contributed by atoms with Crippen LogP contribution < -0.4 is 4.74 Å². The van der Waals surface area contributed by atoms with Crippen molar-refractivity contribution in [2.45, 2.75) is 12.6 Å². The highest BCUT2D eigenvalue weighted by atomic mass is 16.6. The number of aliphatic hydroxyl groups is 1. The van der Waals surface area contributed by atoms with E-state index in [0.717, 1.165) is 6.07 Å². The van der Waals surface area contributed by atoms with Crippen LogP contribution in [0.4, 0.5) is 5.69 Å². The number of ether oxygens (including phenoxy) is 1. The molecule has 10 nitrogen and oxygen atoms in total. The van der Waals surface area contributed by atoms with Gasteiger partial charge in [0.05, 0.1) is 29.2 Å². The fourth-order valence-electron chi connectivity index (χ4n) is 4.07. The second kappa shape index (κ2) is 9.71. The zero-order valence-corrected chi connectivity index (χ0v) is 19.0. The van der Waals surface area contributed by atoms with Gasteiger partial charge in [0.15, 0.2) is 0 Å². The van der Waals surface area contributed by atoms with E-state index < -0.39 is 34.4 Å². The van der Waals surface area contributed by atoms with Crippen molar-refractivity contribution in [1.29, 1.82) is 0 Å². The van der Waals surface area contributed by atoms with Gasteiger partial charge in [-0.3, -0.25) is 19.7 Å². The Balaban J connectivity index is 1.85. The molecule has 1 amide bonds. The predicted molar refractivity (Wildman–Crippen MR) is 127 cm³/mol. The quantitative estimate of drug-likeness (QED) is 0.167. The number of carboxylic acids is 1. The molecule has 1 aliphatic rings. The molecule has 3 aromatic rings. The summed E-state index contributed by atoms with van der Waals surface area (Å²) >= 11 is 0. The normalized spacial score (nSPS) is 16.7. The average Bonchev–Trinajstić information content (AvgIpc) is 3.13. The van der Waals surface area contributed by atoms with Crippen LogP contribution >= 0.6 is 0 Å². The van der Waals surface area contributed by atoms with E-state index in [0.29, 0.717) is 16.9 Å². The second-order valence-electron chi connectivity index (χ2n) is 8.01. The smallest absolute Gasteiger partial charge is 0.335 e. The molecule has 36 heavy (non-hydrogen) atoms. The molecule has 3 aromatic carbocycles. The molecule has 1 heterocycles. The van der Waals surface area contributed by atoms with Crippen molar-refractivity contribution < 1.29 is 34.3 Å². The van der Waals surface area contributed by atoms with E-state index in [1.165, 1.54) is 54.5 Å². The average molecular weight is 488 g/mol. The van der Waals surface area contributed by atoms with Crippen molar-refractivity contribution in [2.75, 3.05) is 7.11 Å². The number of hydrogen-bond acceptors (Lipinski definition) is 7. The van der Waals surface area contributed by atoms with Gasteiger partial charge in [0.25, 0.3) is 17.4 Å². The lowest BCUT2D eigenvalue weighted by atomic mass is 9.95. The Bertz CT molecular complexity index is 1410. The van der Waals surface area contributed by atoms with Crippen molar-refractivity contribution in [3.63, 3.8) is 0 Å². The maximum atomic E-state index is 13.2. The minimum atomic E-state index is -1.10. The number of rotatable bonds is 7. The van der Waals surface area contributed by atoms with E-state index in [2.05, 4.69) is 0 Å². The van der Waals surface area contributed by atoms with Gasteiger partial charge in [0.2, 0.25) is 0 Å². The Kier molecular flexibility index (Phi) is 6.51. The Hall–Kier alpha value is -4.99. The first-order chi connectivity index (χ1) is 17.2. The van der Waals surface area contributed by atoms with Gasteiger partial charge in [-0.1, -0.05) is 36.4 Å². The standard InChI is InChI=1S/C26H20N2O8/c1-36-20-7-3-4-17(13-20)22-21(23(29)18-5-2-6-19(12-18)28(34)35)24(30)25(31)27(22)14-15-8-10-16(11-9-15)26(32)33/h2-13,22,29H,14H2,1H3,(H,32,33)/b23-21-. The summed E-state index contributed by atoms with van der Waals surface area (Å²) in [5, 5.41) is 31.5. The number of likely N-dealkylation sites (tertiary alicyclic amines) is 1. The number of methoxy groups -OCH3 is 1. The highest BCUT2D eigenvalue weighted by molar-refractivity contribution is 6.46. The number of carbonyl (C=O) groups excluding carboxylic acids is 2. The van der Waals surface area contributed by atoms with E-state index in [-0.39, 0.29) is 28.9 Å². The number of hydrogen-bond donors (Lipinski definition) is 2. The molecule has 10 heteroatoms. The van der Waals surface area contributed by atoms with Crippen molar-refractivity contribution in [2.24, 2.45) is 0 Å². The lowest BCUT2D eigenvalue weighted by molar-refractivity contribution is -0.384. The first-order valence-electron chi connectivity index (χ1n) is 10.7. The predicted octanol–water partition coefficient (Wildman–Crippen LogP) is 3.92. The van der Waals surface area contributed by atoms with Gasteiger partial charge in [0, 0.05) is 24.2 Å². The summed E-state index contributed by atoms with van der Waals surface area (Å²) in [5.41, 5.74) is 0.602. The molecule has 1 saturated heterocycles. The first kappa shape index (κ1) is 24.1. The third-order valence-corrected chi connectivity index (χ3v) is 5.83. The maximum Gasteiger partial charge on any atom is 0.335 e. The Morgan fingerprint density at radius 3 is 2.33 bits per heavy atom. The molecule has 1 aliphatic heterocycles. The van der Waals surface area contributed by atoms with Crippen molar-refractivity contribution in [1.82, 2.24) is 4.90 Å². The number of non-ortho nitro benzene ring substituents is 1. The maximum absolute atomic E-state index is 13.2. The van der Waals surface area contributed by atoms with Crippen molar-refractivity contribution in [3.8, 4) is 5.75 Å². The number of carboxylic acid groups (broad SMARTS) is 1. The fourth-order valence-corrected chi connectivity index (χ4v) is 4.07. The lowest BCUT2D eigenvalue weighted by Gasteiger charge is -2.25. The Morgan fingerprint density at radius 2 is 1.69 bits per heavy atom. The van der Waals surface area contributed by atoms with Gasteiger partial charge >= 0.3 is 5.97 Å². The number of nitrogens with zero attached hydrogens (tertiary/aromatic N) is 2. The summed E-state index contributed by atoms with van der Waals surface area (Å²) < 4.78 is 5.28. The zero-order valence-electron chi connectivity index (χ0n) is 19.0. The highest BCUT2D eigenvalue weighted by Gasteiger charge is 2.46. The molecule has 1 unspecified atom stereocenters. The van der Waals surface area contributed by atoms with Gasteiger partial charge in [0.1, 0.15) is 11.5 Å². The third kappa shape index (κ3) is 4.51. The molecule has 4 rings (SSSR count). The van der Waals surface area contributed by atoms with Crippen LogP contribution in [0.15, 0.2) is 78.4 Å². The van der Waals surface area contributed by atoms with Gasteiger partial charge in [-0.2, -0.15) is 0 Å². The summed E-state index contributed by atoms with van der Waals surface area (Å²) in [6, 6.07) is 16.6. The summed E-state index contributed by atoms with van der Waals surface area (Å²) in [6.07, 6.45) is 0. The molecular weight excluding hydrogens is 468 g/mol. The van der Waals surface area contributed by atoms with E-state index in [4.69, 9.17) is 9.84 Å². The van der Waals surface area contributed by atoms with Crippen LogP contribution in [0.2, 0.25) is 0 Å². The van der Waals surface area contributed by atoms with Crippen LogP contribution in [0, 0.1) is 10.1 Å². The lowest BCUT2D eigenvalue weighted by Crippen LogP contribution is -2.29. The number of amides is 1. The number of benzene rings is 3. The summed E-state index contributed by atoms with van der Waals surface area (Å²) in [6.45, 7) is -0.0575. The molecule has 0 saturated carbocycles. The minimum absolute atomic E-state index is 0.0147. The third-order valence-electron chi connectivity index (χ3n) is 5.83. The molecule has 0 radical (unpaired) electrons. The largest absolute Gasteiger partial charge is 0.507 e. The number of nitro benzene ring substituents is 1. The monoisotopic (exact) mass is 488 g/mol. The van der Waals surface area contributed by atoms with Crippen LogP contribution in [0.25, 0.3) is 5.76 Å². The fraction of sp³-hybridized carbons (Fsp3) is 0.115. The molecule has 2 N–H and O–H groups in total. The Labute approximate surface area is 204 Å². The van der Waals surface area contributed by atoms with Crippen LogP contribution in [0.3, 0.4) is 0 Å². The number of carbonyl (C=O) groups is 3. The van der Waals surface area contributed by atoms with Crippen LogP contribution in [-0.4, -0.2) is 44.8 Å². The van der Waals surface area contributed by atoms with Crippen LogP contribution in [0.5, 0.6) is 5.75 Å². The van der Waals surface area contributed by atoms with Crippen molar-refractivity contribution in [3.05, 3.63) is 111 Å². The highest BCUT2D eigenvalue weighted by Crippen LogP contribution is 2.41. The number of aliphatic hydroxyl groups excluding tert-OH is 1. The zero-order chi connectivity index (χ0) is 26.0. The second-order valence-corrected chi connectivity index (χ2v) is 8.01. The summed E-state index contributed by atoms with van der Waals surface area (Å²) in [5.74, 6) is -3.02. The molecule has 0 spiro atoms. The van der Waals surface area contributed by atoms with Gasteiger partial charge in [-0.05, 0) is 35.4 Å². The van der Waals surface area contributed by atoms with E-state index in [1.807, 2.05) is 0 Å². The number of ketones is 1. The van der Waals surface area contributed by atoms with Crippen LogP contribution in [0.1, 0.15) is 33.1 Å². The van der Waals surface area contributed by atoms with Gasteiger partial charge in [-0.25, -0.2) is 4.79 Å². The Morgan fingerprint density at radius 1 is 1.00 bits per heavy atom. The van der Waals surface area contributed by atoms with E-state index in [1.54, 1.807) is 24.3 Å². The van der Waals surface area contributed by atoms with Gasteiger partial charge < -0.3 is 19.8 Å². The SMILES string of the molecule is COc1cccc(C2/C(=C(/O)c3cccc([N+](=O)[O-])c3)C(=O)C(=O)N2Cc2ccc(C(=O)O)cc2)c1.